The van der Waals surface area contributed by atoms with Crippen LogP contribution in [0.2, 0.25) is 0 Å². The smallest absolute Gasteiger partial charge is 0.0897 e. The minimum absolute atomic E-state index is 0.170. The molecule has 2 aromatic rings. The lowest BCUT2D eigenvalue weighted by Gasteiger charge is -2.16. The van der Waals surface area contributed by atoms with Crippen LogP contribution < -0.4 is 0 Å². The molecule has 2 aromatic heterocycles. The fourth-order valence-electron chi connectivity index (χ4n) is 2.96. The van der Waals surface area contributed by atoms with E-state index in [1.54, 1.807) is 11.8 Å². The summed E-state index contributed by atoms with van der Waals surface area (Å²) in [5, 5.41) is 8.29. The van der Waals surface area contributed by atoms with Gasteiger partial charge in [0.1, 0.15) is 0 Å². The van der Waals surface area contributed by atoms with Crippen LogP contribution in [0.5, 0.6) is 0 Å². The number of likely N-dealkylation sites (tertiary alicyclic amines) is 1. The van der Waals surface area contributed by atoms with Gasteiger partial charge < -0.3 is 4.74 Å². The van der Waals surface area contributed by atoms with Crippen molar-refractivity contribution >= 4 is 0 Å². The highest BCUT2D eigenvalue weighted by Crippen LogP contribution is 2.29. The topological polar surface area (TPSA) is 56.1 Å². The standard InChI is InChI=1S/C15H21N5O/c1-11-6-16-5-4-12(11)7-20-8-13(15(10-20)21-3)14-9-19(2)18-17-14/h4-6,9,13,15H,7-8,10H2,1-3H3/t13-,15+/m0/s1. The van der Waals surface area contributed by atoms with Gasteiger partial charge in [-0.15, -0.1) is 5.10 Å². The Hall–Kier alpha value is -1.79. The summed E-state index contributed by atoms with van der Waals surface area (Å²) in [6.07, 6.45) is 5.92. The predicted octanol–water partition coefficient (Wildman–Crippen LogP) is 1.13. The number of hydrogen-bond acceptors (Lipinski definition) is 5. The second-order valence-corrected chi connectivity index (χ2v) is 5.69. The predicted molar refractivity (Wildman–Crippen MR) is 78.8 cm³/mol. The van der Waals surface area contributed by atoms with Gasteiger partial charge >= 0.3 is 0 Å². The first-order valence-electron chi connectivity index (χ1n) is 7.18. The lowest BCUT2D eigenvalue weighted by atomic mass is 10.0. The van der Waals surface area contributed by atoms with Crippen molar-refractivity contribution in [2.45, 2.75) is 25.5 Å². The van der Waals surface area contributed by atoms with Crippen LogP contribution in [0, 0.1) is 6.92 Å². The number of rotatable bonds is 4. The minimum atomic E-state index is 0.170. The highest BCUT2D eigenvalue weighted by atomic mass is 16.5. The fourth-order valence-corrected chi connectivity index (χ4v) is 2.96. The van der Waals surface area contributed by atoms with Crippen LogP contribution in [0.25, 0.3) is 0 Å². The van der Waals surface area contributed by atoms with Crippen LogP contribution in [0.3, 0.4) is 0 Å². The summed E-state index contributed by atoms with van der Waals surface area (Å²) in [6, 6.07) is 2.09. The number of hydrogen-bond donors (Lipinski definition) is 0. The van der Waals surface area contributed by atoms with Crippen molar-refractivity contribution in [3.63, 3.8) is 0 Å². The first-order chi connectivity index (χ1) is 10.2. The van der Waals surface area contributed by atoms with E-state index >= 15 is 0 Å². The molecule has 3 rings (SSSR count). The number of ether oxygens (including phenoxy) is 1. The summed E-state index contributed by atoms with van der Waals surface area (Å²) in [6.45, 7) is 4.88. The Labute approximate surface area is 124 Å². The molecule has 0 aromatic carbocycles. The number of aryl methyl sites for hydroxylation is 2. The molecule has 0 radical (unpaired) electrons. The van der Waals surface area contributed by atoms with Gasteiger partial charge in [0.05, 0.1) is 11.8 Å². The van der Waals surface area contributed by atoms with Crippen molar-refractivity contribution in [1.82, 2.24) is 24.9 Å². The highest BCUT2D eigenvalue weighted by molar-refractivity contribution is 5.22. The molecule has 0 amide bonds. The van der Waals surface area contributed by atoms with E-state index in [9.17, 15) is 0 Å². The Morgan fingerprint density at radius 3 is 2.90 bits per heavy atom. The van der Waals surface area contributed by atoms with Gasteiger partial charge in [-0.3, -0.25) is 14.6 Å². The largest absolute Gasteiger partial charge is 0.379 e. The lowest BCUT2D eigenvalue weighted by Crippen LogP contribution is -2.23. The molecule has 0 saturated carbocycles. The van der Waals surface area contributed by atoms with E-state index in [-0.39, 0.29) is 12.0 Å². The molecule has 6 nitrogen and oxygen atoms in total. The number of nitrogens with zero attached hydrogens (tertiary/aromatic N) is 5. The Bertz CT molecular complexity index is 612. The van der Waals surface area contributed by atoms with Gasteiger partial charge in [-0.05, 0) is 24.1 Å². The summed E-state index contributed by atoms with van der Waals surface area (Å²) in [5.41, 5.74) is 3.56. The molecular weight excluding hydrogens is 266 g/mol. The van der Waals surface area contributed by atoms with Crippen molar-refractivity contribution in [1.29, 1.82) is 0 Å². The molecule has 0 aliphatic carbocycles. The third-order valence-electron chi connectivity index (χ3n) is 4.18. The molecule has 1 saturated heterocycles. The monoisotopic (exact) mass is 287 g/mol. The van der Waals surface area contributed by atoms with E-state index in [2.05, 4.69) is 33.2 Å². The molecule has 0 unspecified atom stereocenters. The Kier molecular flexibility index (Phi) is 3.98. The lowest BCUT2D eigenvalue weighted by molar-refractivity contribution is 0.0957. The van der Waals surface area contributed by atoms with Crippen LogP contribution in [0.4, 0.5) is 0 Å². The maximum absolute atomic E-state index is 5.65. The zero-order chi connectivity index (χ0) is 14.8. The van der Waals surface area contributed by atoms with Crippen LogP contribution in [0.1, 0.15) is 22.7 Å². The summed E-state index contributed by atoms with van der Waals surface area (Å²) in [7, 11) is 3.67. The SMILES string of the molecule is CO[C@@H]1CN(Cc2ccncc2C)C[C@H]1c1cn(C)nn1. The molecular formula is C15H21N5O. The molecule has 0 N–H and O–H groups in total. The van der Waals surface area contributed by atoms with Crippen molar-refractivity contribution in [3.05, 3.63) is 41.5 Å². The van der Waals surface area contributed by atoms with Crippen molar-refractivity contribution in [2.75, 3.05) is 20.2 Å². The van der Waals surface area contributed by atoms with E-state index < -0.39 is 0 Å². The zero-order valence-corrected chi connectivity index (χ0v) is 12.7. The zero-order valence-electron chi connectivity index (χ0n) is 12.7. The van der Waals surface area contributed by atoms with E-state index in [4.69, 9.17) is 4.74 Å². The number of methoxy groups -OCH3 is 1. The summed E-state index contributed by atoms with van der Waals surface area (Å²) in [5.74, 6) is 0.283. The first-order valence-corrected chi connectivity index (χ1v) is 7.18. The quantitative estimate of drug-likeness (QED) is 0.844. The van der Waals surface area contributed by atoms with Crippen LogP contribution in [-0.4, -0.2) is 51.2 Å². The van der Waals surface area contributed by atoms with Crippen molar-refractivity contribution in [3.8, 4) is 0 Å². The third kappa shape index (κ3) is 2.96. The number of pyridine rings is 1. The molecule has 6 heteroatoms. The van der Waals surface area contributed by atoms with Gasteiger partial charge in [-0.1, -0.05) is 5.21 Å². The van der Waals surface area contributed by atoms with Gasteiger partial charge in [-0.25, -0.2) is 0 Å². The Balaban J connectivity index is 1.74. The van der Waals surface area contributed by atoms with E-state index in [0.29, 0.717) is 0 Å². The van der Waals surface area contributed by atoms with Crippen molar-refractivity contribution < 1.29 is 4.74 Å². The summed E-state index contributed by atoms with van der Waals surface area (Å²) >= 11 is 0. The average molecular weight is 287 g/mol. The molecule has 1 aliphatic heterocycles. The Morgan fingerprint density at radius 2 is 2.24 bits per heavy atom. The molecule has 0 bridgehead atoms. The summed E-state index contributed by atoms with van der Waals surface area (Å²) < 4.78 is 7.40. The van der Waals surface area contributed by atoms with Crippen LogP contribution in [0.15, 0.2) is 24.7 Å². The maximum Gasteiger partial charge on any atom is 0.0897 e. The van der Waals surface area contributed by atoms with E-state index in [0.717, 1.165) is 25.3 Å². The van der Waals surface area contributed by atoms with Crippen LogP contribution >= 0.6 is 0 Å². The molecule has 0 spiro atoms. The van der Waals surface area contributed by atoms with Gasteiger partial charge in [0.2, 0.25) is 0 Å². The van der Waals surface area contributed by atoms with Gasteiger partial charge in [-0.2, -0.15) is 0 Å². The maximum atomic E-state index is 5.65. The number of aromatic nitrogens is 4. The van der Waals surface area contributed by atoms with Crippen molar-refractivity contribution in [2.24, 2.45) is 7.05 Å². The highest BCUT2D eigenvalue weighted by Gasteiger charge is 2.35. The van der Waals surface area contributed by atoms with Gasteiger partial charge in [0.25, 0.3) is 0 Å². The minimum Gasteiger partial charge on any atom is -0.379 e. The average Bonchev–Trinajstić information content (AvgIpc) is 3.07. The first kappa shape index (κ1) is 14.2. The molecule has 1 aliphatic rings. The van der Waals surface area contributed by atoms with Crippen LogP contribution in [-0.2, 0) is 18.3 Å². The molecule has 2 atom stereocenters. The van der Waals surface area contributed by atoms with E-state index in [1.807, 2.05) is 25.6 Å². The molecule has 112 valence electrons. The molecule has 21 heavy (non-hydrogen) atoms. The second-order valence-electron chi connectivity index (χ2n) is 5.69. The fraction of sp³-hybridized carbons (Fsp3) is 0.533. The van der Waals surface area contributed by atoms with Gasteiger partial charge in [0, 0.05) is 58.3 Å². The summed E-state index contributed by atoms with van der Waals surface area (Å²) in [4.78, 5) is 6.56. The normalized spacial score (nSPS) is 22.8. The Morgan fingerprint density at radius 1 is 1.38 bits per heavy atom. The van der Waals surface area contributed by atoms with E-state index in [1.165, 1.54) is 11.1 Å². The van der Waals surface area contributed by atoms with Gasteiger partial charge in [0.15, 0.2) is 0 Å². The second kappa shape index (κ2) is 5.91. The third-order valence-corrected chi connectivity index (χ3v) is 4.18. The molecule has 3 heterocycles. The molecule has 1 fully saturated rings.